The first-order chi connectivity index (χ1) is 22.3. The maximum absolute atomic E-state index is 14.0. The number of nitrogens with one attached hydrogen (secondary N) is 1. The molecule has 2 aromatic rings. The number of fused-ring (bicyclic) bond motifs is 1. The molecule has 6 rings (SSSR count). The van der Waals surface area contributed by atoms with Crippen LogP contribution in [0.3, 0.4) is 0 Å². The maximum atomic E-state index is 14.0. The van der Waals surface area contributed by atoms with E-state index in [1.165, 1.54) is 0 Å². The molecule has 1 atom stereocenters. The Bertz CT molecular complexity index is 1390. The van der Waals surface area contributed by atoms with E-state index in [4.69, 9.17) is 15.2 Å². The van der Waals surface area contributed by atoms with E-state index in [0.29, 0.717) is 58.0 Å². The summed E-state index contributed by atoms with van der Waals surface area (Å²) in [4.78, 5) is 48.6. The second-order valence-electron chi connectivity index (χ2n) is 13.2. The molecule has 0 aromatic heterocycles. The van der Waals surface area contributed by atoms with Crippen LogP contribution in [0.4, 0.5) is 21.0 Å². The van der Waals surface area contributed by atoms with Crippen molar-refractivity contribution in [2.45, 2.75) is 70.6 Å². The van der Waals surface area contributed by atoms with Gasteiger partial charge in [0.1, 0.15) is 0 Å². The number of ether oxygens (including phenoxy) is 2. The molecule has 11 nitrogen and oxygen atoms in total. The van der Waals surface area contributed by atoms with Crippen LogP contribution in [0.25, 0.3) is 0 Å². The normalized spacial score (nSPS) is 20.9. The van der Waals surface area contributed by atoms with Gasteiger partial charge in [-0.15, -0.1) is 0 Å². The summed E-state index contributed by atoms with van der Waals surface area (Å²) in [7, 11) is 0. The van der Waals surface area contributed by atoms with Crippen molar-refractivity contribution < 1.29 is 23.9 Å². The molecular weight excluding hydrogens is 584 g/mol. The summed E-state index contributed by atoms with van der Waals surface area (Å²) in [6.07, 6.45) is 2.78. The molecule has 0 spiro atoms. The Morgan fingerprint density at radius 3 is 2.24 bits per heavy atom. The third-order valence-electron chi connectivity index (χ3n) is 10.2. The Balaban J connectivity index is 1.09. The molecule has 11 heteroatoms. The van der Waals surface area contributed by atoms with Gasteiger partial charge < -0.3 is 35.2 Å². The summed E-state index contributed by atoms with van der Waals surface area (Å²) in [5.74, 6) is -0.142. The summed E-state index contributed by atoms with van der Waals surface area (Å²) >= 11 is 0. The van der Waals surface area contributed by atoms with E-state index < -0.39 is 12.2 Å². The molecule has 4 aliphatic rings. The minimum atomic E-state index is -0.928. The number of benzene rings is 2. The number of hydrogen-bond acceptors (Lipinski definition) is 7. The number of morpholine rings is 1. The summed E-state index contributed by atoms with van der Waals surface area (Å²) < 4.78 is 11.6. The SMILES string of the molecule is Cc1cc(CC(OC(=O)N2CCC(N3CCc4ccccc4NC3=O)CC2)C(=O)N2CCC(N3CCOCC3)CC2)cc(C)c1N. The van der Waals surface area contributed by atoms with Gasteiger partial charge in [0.05, 0.1) is 13.2 Å². The number of rotatable bonds is 6. The van der Waals surface area contributed by atoms with Crippen molar-refractivity contribution in [3.05, 3.63) is 58.7 Å². The number of aryl methyl sites for hydroxylation is 2. The van der Waals surface area contributed by atoms with Crippen LogP contribution in [-0.4, -0.2) is 115 Å². The number of nitrogens with two attached hydrogens (primary N) is 1. The van der Waals surface area contributed by atoms with Gasteiger partial charge in [0.2, 0.25) is 0 Å². The van der Waals surface area contributed by atoms with Gasteiger partial charge in [-0.1, -0.05) is 30.3 Å². The van der Waals surface area contributed by atoms with Gasteiger partial charge in [0.15, 0.2) is 6.10 Å². The highest BCUT2D eigenvalue weighted by Crippen LogP contribution is 2.26. The van der Waals surface area contributed by atoms with E-state index in [1.54, 1.807) is 4.90 Å². The minimum absolute atomic E-state index is 0.0317. The Kier molecular flexibility index (Phi) is 9.98. The topological polar surface area (TPSA) is 121 Å². The molecule has 1 unspecified atom stereocenters. The lowest BCUT2D eigenvalue weighted by atomic mass is 9.98. The quantitative estimate of drug-likeness (QED) is 0.465. The number of amides is 4. The van der Waals surface area contributed by atoms with Crippen molar-refractivity contribution in [3.63, 3.8) is 0 Å². The number of hydrogen-bond donors (Lipinski definition) is 2. The number of urea groups is 1. The number of nitrogen functional groups attached to an aromatic ring is 1. The zero-order valence-corrected chi connectivity index (χ0v) is 27.2. The number of piperidine rings is 2. The van der Waals surface area contributed by atoms with E-state index in [2.05, 4.69) is 16.3 Å². The van der Waals surface area contributed by atoms with Crippen LogP contribution < -0.4 is 11.1 Å². The predicted molar refractivity (Wildman–Crippen MR) is 177 cm³/mol. The first-order valence-corrected chi connectivity index (χ1v) is 16.8. The number of para-hydroxylation sites is 1. The minimum Gasteiger partial charge on any atom is -0.436 e. The first kappa shape index (κ1) is 32.1. The van der Waals surface area contributed by atoms with Crippen LogP contribution in [0, 0.1) is 13.8 Å². The Morgan fingerprint density at radius 1 is 0.913 bits per heavy atom. The molecular formula is C35H48N6O5. The van der Waals surface area contributed by atoms with Crippen molar-refractivity contribution >= 4 is 29.4 Å². The fourth-order valence-electron chi connectivity index (χ4n) is 7.47. The molecule has 2 aromatic carbocycles. The van der Waals surface area contributed by atoms with Gasteiger partial charge in [-0.25, -0.2) is 9.59 Å². The highest BCUT2D eigenvalue weighted by atomic mass is 16.6. The van der Waals surface area contributed by atoms with Crippen molar-refractivity contribution in [2.75, 3.05) is 70.1 Å². The molecule has 0 saturated carbocycles. The molecule has 3 saturated heterocycles. The van der Waals surface area contributed by atoms with E-state index >= 15 is 0 Å². The molecule has 0 radical (unpaired) electrons. The third-order valence-corrected chi connectivity index (χ3v) is 10.2. The number of carbonyl (C=O) groups excluding carboxylic acids is 3. The van der Waals surface area contributed by atoms with Crippen LogP contribution in [0.2, 0.25) is 0 Å². The summed E-state index contributed by atoms with van der Waals surface area (Å²) in [5, 5.41) is 3.05. The highest BCUT2D eigenvalue weighted by Gasteiger charge is 2.36. The second kappa shape index (κ2) is 14.3. The van der Waals surface area contributed by atoms with Gasteiger partial charge in [-0.05, 0) is 74.3 Å². The van der Waals surface area contributed by atoms with Crippen LogP contribution in [-0.2, 0) is 27.1 Å². The van der Waals surface area contributed by atoms with Crippen LogP contribution >= 0.6 is 0 Å². The molecule has 4 heterocycles. The molecule has 3 fully saturated rings. The number of carbonyl (C=O) groups is 3. The van der Waals surface area contributed by atoms with Gasteiger partial charge in [0.25, 0.3) is 5.91 Å². The van der Waals surface area contributed by atoms with E-state index in [-0.39, 0.29) is 18.0 Å². The number of anilines is 2. The van der Waals surface area contributed by atoms with Crippen LogP contribution in [0.5, 0.6) is 0 Å². The first-order valence-electron chi connectivity index (χ1n) is 16.8. The zero-order valence-electron chi connectivity index (χ0n) is 27.2. The lowest BCUT2D eigenvalue weighted by Crippen LogP contribution is -2.53. The fraction of sp³-hybridized carbons (Fsp3) is 0.571. The molecule has 4 amide bonds. The molecule has 4 aliphatic heterocycles. The molecule has 0 aliphatic carbocycles. The standard InChI is InChI=1S/C35H48N6O5/c1-24-21-26(22-25(2)32(24)36)23-31(33(42)39-12-8-28(9-13-39)38-17-19-45-20-18-38)46-35(44)40-14-10-29(11-15-40)41-16-7-27-5-3-4-6-30(27)37-34(41)43/h3-6,21-22,28-29,31H,7-20,23,36H2,1-2H3,(H,37,43). The zero-order chi connectivity index (χ0) is 32.2. The van der Waals surface area contributed by atoms with Crippen molar-refractivity contribution in [3.8, 4) is 0 Å². The predicted octanol–water partition coefficient (Wildman–Crippen LogP) is 3.81. The van der Waals surface area contributed by atoms with Crippen molar-refractivity contribution in [1.82, 2.24) is 19.6 Å². The molecule has 0 bridgehead atoms. The van der Waals surface area contributed by atoms with Crippen LogP contribution in [0.15, 0.2) is 36.4 Å². The van der Waals surface area contributed by atoms with E-state index in [0.717, 1.165) is 79.2 Å². The summed E-state index contributed by atoms with van der Waals surface area (Å²) in [5.41, 5.74) is 11.8. The Hall–Kier alpha value is -3.83. The van der Waals surface area contributed by atoms with Gasteiger partial charge in [-0.2, -0.15) is 0 Å². The second-order valence-corrected chi connectivity index (χ2v) is 13.2. The average Bonchev–Trinajstić information content (AvgIpc) is 3.25. The van der Waals surface area contributed by atoms with Gasteiger partial charge in [-0.3, -0.25) is 9.69 Å². The summed E-state index contributed by atoms with van der Waals surface area (Å²) in [6.45, 7) is 10.1. The maximum Gasteiger partial charge on any atom is 0.410 e. The van der Waals surface area contributed by atoms with Gasteiger partial charge in [0, 0.05) is 75.7 Å². The molecule has 3 N–H and O–H groups in total. The highest BCUT2D eigenvalue weighted by molar-refractivity contribution is 5.91. The third kappa shape index (κ3) is 7.25. The number of likely N-dealkylation sites (tertiary alicyclic amines) is 2. The van der Waals surface area contributed by atoms with Crippen molar-refractivity contribution in [2.24, 2.45) is 0 Å². The van der Waals surface area contributed by atoms with Crippen molar-refractivity contribution in [1.29, 1.82) is 0 Å². The Labute approximate surface area is 271 Å². The number of nitrogens with zero attached hydrogens (tertiary/aromatic N) is 4. The summed E-state index contributed by atoms with van der Waals surface area (Å²) in [6, 6.07) is 12.3. The van der Waals surface area contributed by atoms with E-state index in [9.17, 15) is 14.4 Å². The van der Waals surface area contributed by atoms with Gasteiger partial charge >= 0.3 is 12.1 Å². The molecule has 46 heavy (non-hydrogen) atoms. The fourth-order valence-corrected chi connectivity index (χ4v) is 7.47. The monoisotopic (exact) mass is 632 g/mol. The van der Waals surface area contributed by atoms with Crippen LogP contribution in [0.1, 0.15) is 47.9 Å². The smallest absolute Gasteiger partial charge is 0.410 e. The lowest BCUT2D eigenvalue weighted by molar-refractivity contribution is -0.142. The Morgan fingerprint density at radius 2 is 1.54 bits per heavy atom. The average molecular weight is 633 g/mol. The largest absolute Gasteiger partial charge is 0.436 e. The molecule has 248 valence electrons. The van der Waals surface area contributed by atoms with E-state index in [1.807, 2.05) is 54.0 Å². The lowest BCUT2D eigenvalue weighted by Gasteiger charge is -2.41.